The van der Waals surface area contributed by atoms with Crippen molar-refractivity contribution in [1.82, 2.24) is 0 Å². The van der Waals surface area contributed by atoms with Crippen LogP contribution in [-0.2, 0) is 0 Å². The van der Waals surface area contributed by atoms with Crippen LogP contribution in [0.3, 0.4) is 0 Å². The van der Waals surface area contributed by atoms with Crippen molar-refractivity contribution in [3.63, 3.8) is 0 Å². The van der Waals surface area contributed by atoms with Gasteiger partial charge in [-0.25, -0.2) is 0 Å². The Hall–Kier alpha value is 1.89. The van der Waals surface area contributed by atoms with Gasteiger partial charge in [-0.3, -0.25) is 0 Å². The van der Waals surface area contributed by atoms with E-state index in [4.69, 9.17) is 9.50 Å². The van der Waals surface area contributed by atoms with Gasteiger partial charge in [-0.15, -0.1) is 0 Å². The van der Waals surface area contributed by atoms with E-state index in [0.29, 0.717) is 47.1 Å². The van der Waals surface area contributed by atoms with E-state index in [-0.39, 0.29) is 0 Å². The summed E-state index contributed by atoms with van der Waals surface area (Å²) in [5.41, 5.74) is 5.48. The molecule has 0 saturated heterocycles. The second-order valence-corrected chi connectivity index (χ2v) is 6.09. The van der Waals surface area contributed by atoms with Crippen molar-refractivity contribution < 1.29 is 0 Å². The molecule has 0 heterocycles. The quantitative estimate of drug-likeness (QED) is 0.250. The van der Waals surface area contributed by atoms with E-state index in [1.165, 1.54) is 103 Å². The maximum atomic E-state index is 5.48. The monoisotopic (exact) mass is 343 g/mol. The van der Waals surface area contributed by atoms with E-state index in [9.17, 15) is 0 Å². The zero-order valence-electron chi connectivity index (χ0n) is 15.0. The molecule has 0 aromatic carbocycles. The fourth-order valence-corrected chi connectivity index (χ4v) is 2.69. The van der Waals surface area contributed by atoms with Crippen molar-refractivity contribution >= 4 is 50.9 Å². The fourth-order valence-electron chi connectivity index (χ4n) is 2.69. The van der Waals surface area contributed by atoms with Crippen LogP contribution in [0.15, 0.2) is 0 Å². The topological polar surface area (TPSA) is 26.0 Å². The molecule has 0 atom stereocenters. The molecule has 0 fully saturated rings. The van der Waals surface area contributed by atoms with Crippen molar-refractivity contribution in [3.8, 4) is 0 Å². The van der Waals surface area contributed by atoms with Crippen LogP contribution in [0.4, 0.5) is 0 Å². The molecule has 0 aromatic rings. The summed E-state index contributed by atoms with van der Waals surface area (Å²) in [5, 5.41) is 0. The molecule has 0 radical (unpaired) electrons. The number of nitrogens with two attached hydrogens (primary N) is 1. The number of halogens is 1. The van der Waals surface area contributed by atoms with Crippen molar-refractivity contribution in [2.75, 3.05) is 6.54 Å². The molecule has 0 amide bonds. The Balaban J connectivity index is 0. The molecule has 0 unspecified atom stereocenters. The standard InChI is InChI=1S/C18H39N.ClH.K/c1-2-3-4-5-6-7-8-9-10-11-12-13-14-15-16-17-18-19;;/h2-19H2,1H3;1H;/q;;+1/p-1. The van der Waals surface area contributed by atoms with Crippen molar-refractivity contribution in [3.05, 3.63) is 0 Å². The maximum absolute atomic E-state index is 5.48. The molecular weight excluding hydrogens is 305 g/mol. The van der Waals surface area contributed by atoms with Crippen molar-refractivity contribution in [2.24, 2.45) is 5.73 Å². The third-order valence-electron chi connectivity index (χ3n) is 4.06. The summed E-state index contributed by atoms with van der Waals surface area (Å²) in [5.74, 6) is 0. The summed E-state index contributed by atoms with van der Waals surface area (Å²) in [6.07, 6.45) is 22.9. The summed E-state index contributed by atoms with van der Waals surface area (Å²) in [6, 6.07) is 0. The third kappa shape index (κ3) is 27.1. The molecule has 0 aromatic heterocycles. The van der Waals surface area contributed by atoms with Crippen LogP contribution < -0.4 is 5.73 Å². The van der Waals surface area contributed by atoms with Crippen molar-refractivity contribution in [2.45, 2.75) is 110 Å². The molecule has 0 aliphatic rings. The first-order chi connectivity index (χ1) is 10.4. The second-order valence-electron chi connectivity index (χ2n) is 6.09. The van der Waals surface area contributed by atoms with Gasteiger partial charge in [0.25, 0.3) is 0 Å². The number of hydrogen-bond donors (Lipinski definition) is 1. The first kappa shape index (κ1) is 25.1. The molecular formula is C18H39ClKN. The molecule has 3 heteroatoms. The first-order valence-electron chi connectivity index (χ1n) is 9.49. The molecule has 0 aliphatic carbocycles. The zero-order chi connectivity index (χ0) is 16.0. The van der Waals surface area contributed by atoms with Gasteiger partial charge in [0.1, 0.15) is 0 Å². The van der Waals surface area contributed by atoms with Crippen LogP contribution in [0, 0.1) is 0 Å². The van der Waals surface area contributed by atoms with Crippen LogP contribution in [0.5, 0.6) is 0 Å². The minimum absolute atomic E-state index is 0.535. The van der Waals surface area contributed by atoms with Gasteiger partial charge in [0.15, 0.2) is 0 Å². The molecule has 2 N–H and O–H groups in total. The Morgan fingerprint density at radius 2 is 0.762 bits per heavy atom. The summed E-state index contributed by atoms with van der Waals surface area (Å²) in [7, 11) is 0. The van der Waals surface area contributed by atoms with Gasteiger partial charge >= 0.3 is 50.9 Å². The van der Waals surface area contributed by atoms with E-state index in [1.807, 2.05) is 0 Å². The van der Waals surface area contributed by atoms with Gasteiger partial charge in [0, 0.05) is 0 Å². The molecule has 0 bridgehead atoms. The van der Waals surface area contributed by atoms with E-state index < -0.39 is 0 Å². The Morgan fingerprint density at radius 1 is 0.524 bits per heavy atom. The van der Waals surface area contributed by atoms with Crippen LogP contribution in [-0.4, -0.2) is 53.7 Å². The molecule has 0 saturated carbocycles. The van der Waals surface area contributed by atoms with Crippen LogP contribution in [0.2, 0.25) is 0 Å². The summed E-state index contributed by atoms with van der Waals surface area (Å²) in [4.78, 5) is 0. The van der Waals surface area contributed by atoms with Gasteiger partial charge < -0.3 is 5.73 Å². The number of rotatable bonds is 16. The predicted molar refractivity (Wildman–Crippen MR) is 100 cm³/mol. The Morgan fingerprint density at radius 3 is 1.00 bits per heavy atom. The Kier molecular flexibility index (Phi) is 32.0. The van der Waals surface area contributed by atoms with Crippen LogP contribution in [0.1, 0.15) is 110 Å². The van der Waals surface area contributed by atoms with Gasteiger partial charge in [-0.2, -0.15) is 0 Å². The van der Waals surface area contributed by atoms with E-state index in [0.717, 1.165) is 6.54 Å². The normalized spacial score (nSPS) is 10.3. The van der Waals surface area contributed by atoms with Gasteiger partial charge in [-0.1, -0.05) is 103 Å². The summed E-state index contributed by atoms with van der Waals surface area (Å²) in [6.45, 7) is 3.16. The molecule has 0 spiro atoms. The predicted octanol–water partition coefficient (Wildman–Crippen LogP) is 6.52. The van der Waals surface area contributed by atoms with E-state index in [1.54, 1.807) is 0 Å². The van der Waals surface area contributed by atoms with E-state index in [2.05, 4.69) is 6.92 Å². The average molecular weight is 344 g/mol. The SMILES string of the molecule is CCCCCCCCCCCCCCCCCCN.[Cl][K]. The second kappa shape index (κ2) is 26.8. The number of unbranched alkanes of at least 4 members (excludes halogenated alkanes) is 15. The van der Waals surface area contributed by atoms with Crippen molar-refractivity contribution in [1.29, 1.82) is 0 Å². The first-order valence-corrected chi connectivity index (χ1v) is 13.8. The minimum atomic E-state index is 0.535. The molecule has 0 rings (SSSR count). The summed E-state index contributed by atoms with van der Waals surface area (Å²) >= 11 is 0.535. The summed E-state index contributed by atoms with van der Waals surface area (Å²) < 4.78 is 4.83. The van der Waals surface area contributed by atoms with Gasteiger partial charge in [-0.05, 0) is 13.0 Å². The average Bonchev–Trinajstić information content (AvgIpc) is 2.53. The fraction of sp³-hybridized carbons (Fsp3) is 1.00. The molecule has 21 heavy (non-hydrogen) atoms. The van der Waals surface area contributed by atoms with Crippen LogP contribution >= 0.6 is 3.76 Å². The molecule has 0 aliphatic heterocycles. The third-order valence-corrected chi connectivity index (χ3v) is 4.06. The Labute approximate surface area is 170 Å². The van der Waals surface area contributed by atoms with E-state index >= 15 is 0 Å². The van der Waals surface area contributed by atoms with Crippen LogP contribution in [0.25, 0.3) is 0 Å². The molecule has 124 valence electrons. The zero-order valence-corrected chi connectivity index (χ0v) is 18.9. The molecule has 1 nitrogen and oxygen atoms in total. The van der Waals surface area contributed by atoms with Gasteiger partial charge in [0.2, 0.25) is 0 Å². The Bertz CT molecular complexity index is 140. The number of hydrogen-bond acceptors (Lipinski definition) is 1. The van der Waals surface area contributed by atoms with Gasteiger partial charge in [0.05, 0.1) is 0 Å².